The number of hydrogen-bond donors (Lipinski definition) is 0. The van der Waals surface area contributed by atoms with Crippen LogP contribution in [-0.4, -0.2) is 15.7 Å². The maximum absolute atomic E-state index is 12.9. The molecule has 0 atom stereocenters. The molecule has 2 aromatic heterocycles. The van der Waals surface area contributed by atoms with Crippen LogP contribution in [0.1, 0.15) is 64.0 Å². The van der Waals surface area contributed by atoms with Crippen LogP contribution in [0, 0.1) is 20.8 Å². The van der Waals surface area contributed by atoms with Crippen molar-refractivity contribution < 1.29 is 9.53 Å². The molecule has 2 heterocycles. The van der Waals surface area contributed by atoms with Gasteiger partial charge in [-0.05, 0) is 66.1 Å². The molecular weight excluding hydrogens is 452 g/mol. The Kier molecular flexibility index (Phi) is 6.39. The molecule has 0 aliphatic carbocycles. The molecule has 0 aliphatic heterocycles. The summed E-state index contributed by atoms with van der Waals surface area (Å²) in [6.45, 7) is 13.6. The maximum Gasteiger partial charge on any atom is 0.348 e. The van der Waals surface area contributed by atoms with Crippen LogP contribution < -0.4 is 0 Å². The molecule has 33 heavy (non-hydrogen) atoms. The number of thiophene rings is 1. The summed E-state index contributed by atoms with van der Waals surface area (Å²) in [5.74, 6) is -0.307. The standard InChI is InChI=1S/C27H29ClN2O2S/c1-16-11-20(27(4,5)6)12-17(2)22(16)15-32-26(31)24-13-21-18(3)29-30(25(21)33-24)14-19-9-7-8-10-23(19)28/h7-13H,14-15H2,1-6H3. The van der Waals surface area contributed by atoms with Crippen LogP contribution in [0.5, 0.6) is 0 Å². The molecule has 0 fully saturated rings. The van der Waals surface area contributed by atoms with Gasteiger partial charge in [0.2, 0.25) is 0 Å². The Morgan fingerprint density at radius 1 is 1.09 bits per heavy atom. The summed E-state index contributed by atoms with van der Waals surface area (Å²) in [4.78, 5) is 14.4. The fourth-order valence-electron chi connectivity index (χ4n) is 3.97. The number of aryl methyl sites for hydroxylation is 3. The summed E-state index contributed by atoms with van der Waals surface area (Å²) in [7, 11) is 0. The van der Waals surface area contributed by atoms with Gasteiger partial charge >= 0.3 is 5.97 Å². The van der Waals surface area contributed by atoms with Gasteiger partial charge in [0.1, 0.15) is 16.3 Å². The van der Waals surface area contributed by atoms with E-state index in [4.69, 9.17) is 16.3 Å². The van der Waals surface area contributed by atoms with Gasteiger partial charge in [-0.3, -0.25) is 4.68 Å². The van der Waals surface area contributed by atoms with E-state index in [1.165, 1.54) is 16.9 Å². The van der Waals surface area contributed by atoms with Gasteiger partial charge in [-0.2, -0.15) is 5.10 Å². The topological polar surface area (TPSA) is 44.1 Å². The van der Waals surface area contributed by atoms with E-state index in [0.717, 1.165) is 38.2 Å². The highest BCUT2D eigenvalue weighted by molar-refractivity contribution is 7.20. The smallest absolute Gasteiger partial charge is 0.348 e. The van der Waals surface area contributed by atoms with Crippen molar-refractivity contribution in [3.05, 3.63) is 85.9 Å². The van der Waals surface area contributed by atoms with Gasteiger partial charge in [-0.1, -0.05) is 62.7 Å². The Morgan fingerprint density at radius 3 is 2.39 bits per heavy atom. The summed E-state index contributed by atoms with van der Waals surface area (Å²) < 4.78 is 7.65. The zero-order chi connectivity index (χ0) is 23.9. The molecule has 0 saturated heterocycles. The van der Waals surface area contributed by atoms with Gasteiger partial charge in [0, 0.05) is 10.4 Å². The molecular formula is C27H29ClN2O2S. The van der Waals surface area contributed by atoms with Gasteiger partial charge in [-0.15, -0.1) is 11.3 Å². The van der Waals surface area contributed by atoms with E-state index in [2.05, 4.69) is 51.9 Å². The van der Waals surface area contributed by atoms with E-state index >= 15 is 0 Å². The molecule has 172 valence electrons. The molecule has 0 radical (unpaired) electrons. The number of hydrogen-bond acceptors (Lipinski definition) is 4. The third kappa shape index (κ3) is 4.85. The number of ether oxygens (including phenoxy) is 1. The number of carbonyl (C=O) groups is 1. The predicted octanol–water partition coefficient (Wildman–Crippen LogP) is 7.38. The van der Waals surface area contributed by atoms with Crippen LogP contribution in [-0.2, 0) is 23.3 Å². The van der Waals surface area contributed by atoms with E-state index < -0.39 is 0 Å². The van der Waals surface area contributed by atoms with Crippen LogP contribution in [0.3, 0.4) is 0 Å². The van der Waals surface area contributed by atoms with Crippen LogP contribution in [0.4, 0.5) is 0 Å². The normalized spacial score (nSPS) is 11.8. The minimum atomic E-state index is -0.307. The number of fused-ring (bicyclic) bond motifs is 1. The molecule has 4 nitrogen and oxygen atoms in total. The highest BCUT2D eigenvalue weighted by Gasteiger charge is 2.20. The number of nitrogens with zero attached hydrogens (tertiary/aromatic N) is 2. The second-order valence-electron chi connectivity index (χ2n) is 9.58. The summed E-state index contributed by atoms with van der Waals surface area (Å²) >= 11 is 7.75. The largest absolute Gasteiger partial charge is 0.457 e. The Morgan fingerprint density at radius 2 is 1.76 bits per heavy atom. The first-order valence-corrected chi connectivity index (χ1v) is 12.2. The Hall–Kier alpha value is -2.63. The van der Waals surface area contributed by atoms with Gasteiger partial charge in [0.05, 0.1) is 12.2 Å². The first kappa shape index (κ1) is 23.5. The fourth-order valence-corrected chi connectivity index (χ4v) is 5.22. The average molecular weight is 481 g/mol. The average Bonchev–Trinajstić information content (AvgIpc) is 3.29. The SMILES string of the molecule is Cc1cc(C(C)(C)C)cc(C)c1COC(=O)c1cc2c(C)nn(Cc3ccccc3Cl)c2s1. The molecule has 0 spiro atoms. The molecule has 6 heteroatoms. The molecule has 0 unspecified atom stereocenters. The van der Waals surface area contributed by atoms with Crippen LogP contribution >= 0.6 is 22.9 Å². The second-order valence-corrected chi connectivity index (χ2v) is 11.0. The minimum Gasteiger partial charge on any atom is -0.457 e. The second kappa shape index (κ2) is 8.96. The van der Waals surface area contributed by atoms with Crippen molar-refractivity contribution in [3.8, 4) is 0 Å². The monoisotopic (exact) mass is 480 g/mol. The van der Waals surface area contributed by atoms with Gasteiger partial charge in [0.15, 0.2) is 0 Å². The molecule has 4 rings (SSSR count). The van der Waals surface area contributed by atoms with Crippen molar-refractivity contribution in [2.45, 2.75) is 60.1 Å². The Bertz CT molecular complexity index is 1320. The predicted molar refractivity (Wildman–Crippen MR) is 137 cm³/mol. The lowest BCUT2D eigenvalue weighted by Gasteiger charge is -2.22. The van der Waals surface area contributed by atoms with Gasteiger partial charge in [0.25, 0.3) is 0 Å². The molecule has 0 bridgehead atoms. The summed E-state index contributed by atoms with van der Waals surface area (Å²) in [5, 5.41) is 6.33. The summed E-state index contributed by atoms with van der Waals surface area (Å²) in [6, 6.07) is 14.0. The molecule has 4 aromatic rings. The number of halogens is 1. The molecule has 0 amide bonds. The van der Waals surface area contributed by atoms with E-state index in [1.807, 2.05) is 41.9 Å². The summed E-state index contributed by atoms with van der Waals surface area (Å²) in [5.41, 5.74) is 6.61. The molecule has 0 saturated carbocycles. The quantitative estimate of drug-likeness (QED) is 0.280. The summed E-state index contributed by atoms with van der Waals surface area (Å²) in [6.07, 6.45) is 0. The van der Waals surface area contributed by atoms with Crippen LogP contribution in [0.25, 0.3) is 10.2 Å². The lowest BCUT2D eigenvalue weighted by atomic mass is 9.84. The highest BCUT2D eigenvalue weighted by Crippen LogP contribution is 2.31. The van der Waals surface area contributed by atoms with Crippen molar-refractivity contribution in [1.82, 2.24) is 9.78 Å². The Labute approximate surface area is 204 Å². The third-order valence-electron chi connectivity index (χ3n) is 6.00. The molecule has 0 aliphatic rings. The van der Waals surface area contributed by atoms with Crippen molar-refractivity contribution in [2.75, 3.05) is 0 Å². The van der Waals surface area contributed by atoms with Crippen molar-refractivity contribution in [3.63, 3.8) is 0 Å². The first-order chi connectivity index (χ1) is 15.5. The van der Waals surface area contributed by atoms with Crippen molar-refractivity contribution >= 4 is 39.1 Å². The first-order valence-electron chi connectivity index (χ1n) is 11.0. The van der Waals surface area contributed by atoms with Crippen molar-refractivity contribution in [2.24, 2.45) is 0 Å². The molecule has 0 N–H and O–H groups in total. The number of benzene rings is 2. The van der Waals surface area contributed by atoms with E-state index in [0.29, 0.717) is 16.4 Å². The van der Waals surface area contributed by atoms with Crippen molar-refractivity contribution in [1.29, 1.82) is 0 Å². The molecule has 2 aromatic carbocycles. The lowest BCUT2D eigenvalue weighted by Crippen LogP contribution is -2.13. The number of aromatic nitrogens is 2. The number of rotatable bonds is 5. The number of esters is 1. The zero-order valence-corrected chi connectivity index (χ0v) is 21.5. The number of carbonyl (C=O) groups excluding carboxylic acids is 1. The third-order valence-corrected chi connectivity index (χ3v) is 7.49. The van der Waals surface area contributed by atoms with E-state index in [-0.39, 0.29) is 18.0 Å². The Balaban J connectivity index is 1.54. The van der Waals surface area contributed by atoms with Crippen LogP contribution in [0.2, 0.25) is 5.02 Å². The van der Waals surface area contributed by atoms with Gasteiger partial charge in [-0.25, -0.2) is 4.79 Å². The zero-order valence-electron chi connectivity index (χ0n) is 20.0. The van der Waals surface area contributed by atoms with Crippen LogP contribution in [0.15, 0.2) is 42.5 Å². The van der Waals surface area contributed by atoms with Gasteiger partial charge < -0.3 is 4.74 Å². The minimum absolute atomic E-state index is 0.0809. The van der Waals surface area contributed by atoms with E-state index in [9.17, 15) is 4.79 Å². The van der Waals surface area contributed by atoms with E-state index in [1.54, 1.807) is 0 Å². The highest BCUT2D eigenvalue weighted by atomic mass is 35.5. The lowest BCUT2D eigenvalue weighted by molar-refractivity contribution is 0.0477. The fraction of sp³-hybridized carbons (Fsp3) is 0.333. The maximum atomic E-state index is 12.9.